The quantitative estimate of drug-likeness (QED) is 0.322. The highest BCUT2D eigenvalue weighted by molar-refractivity contribution is 6.36. The second kappa shape index (κ2) is 9.27. The number of benzene rings is 2. The molecule has 0 atom stereocenters. The predicted octanol–water partition coefficient (Wildman–Crippen LogP) is 4.72. The number of aromatic nitrogens is 1. The summed E-state index contributed by atoms with van der Waals surface area (Å²) in [6.07, 6.45) is 3.56. The van der Waals surface area contributed by atoms with Gasteiger partial charge in [0.2, 0.25) is 11.7 Å². The fraction of sp³-hybridized carbons (Fsp3) is 0.115. The first-order chi connectivity index (χ1) is 15.9. The molecule has 4 rings (SSSR count). The number of anilines is 1. The second-order valence-electron chi connectivity index (χ2n) is 7.34. The number of carbonyl (C=O) groups excluding carboxylic acids is 2. The topological polar surface area (TPSA) is 59.5 Å². The summed E-state index contributed by atoms with van der Waals surface area (Å²) < 4.78 is 18.6. The fourth-order valence-corrected chi connectivity index (χ4v) is 3.63. The average Bonchev–Trinajstić information content (AvgIpc) is 2.82. The zero-order valence-electron chi connectivity index (χ0n) is 17.9. The van der Waals surface area contributed by atoms with Gasteiger partial charge in [0.1, 0.15) is 5.82 Å². The van der Waals surface area contributed by atoms with Crippen LogP contribution < -0.4 is 9.64 Å². The van der Waals surface area contributed by atoms with Crippen LogP contribution in [0.2, 0.25) is 5.02 Å². The lowest BCUT2D eigenvalue weighted by Crippen LogP contribution is -2.36. The van der Waals surface area contributed by atoms with E-state index in [1.165, 1.54) is 29.2 Å². The highest BCUT2D eigenvalue weighted by Crippen LogP contribution is 2.31. The van der Waals surface area contributed by atoms with Gasteiger partial charge in [-0.25, -0.2) is 9.37 Å². The van der Waals surface area contributed by atoms with Gasteiger partial charge in [0.15, 0.2) is 0 Å². The Labute approximate surface area is 195 Å². The minimum absolute atomic E-state index is 0.0262. The van der Waals surface area contributed by atoms with Crippen molar-refractivity contribution in [2.45, 2.75) is 6.42 Å². The summed E-state index contributed by atoms with van der Waals surface area (Å²) in [6.45, 7) is 0. The van der Waals surface area contributed by atoms with E-state index < -0.39 is 17.5 Å². The van der Waals surface area contributed by atoms with Crippen LogP contribution in [0.3, 0.4) is 0 Å². The number of hydrogen-bond donors (Lipinski definition) is 0. The van der Waals surface area contributed by atoms with Crippen molar-refractivity contribution >= 4 is 35.1 Å². The van der Waals surface area contributed by atoms with Crippen molar-refractivity contribution in [2.75, 3.05) is 19.1 Å². The molecule has 0 spiro atoms. The summed E-state index contributed by atoms with van der Waals surface area (Å²) in [6, 6.07) is 12.8. The number of Topliss-reactive ketones (excluding diaryl/α,β-unsaturated/α-hetero) is 1. The molecule has 0 radical (unpaired) electrons. The number of likely N-dealkylation sites (N-methyl/N-ethyl adjacent to an activating group) is 1. The van der Waals surface area contributed by atoms with E-state index in [4.69, 9.17) is 16.3 Å². The molecule has 0 aliphatic carbocycles. The molecule has 0 bridgehead atoms. The maximum atomic E-state index is 13.5. The number of amides is 1. The molecule has 1 amide bonds. The van der Waals surface area contributed by atoms with Crippen molar-refractivity contribution in [1.29, 1.82) is 0 Å². The van der Waals surface area contributed by atoms with Gasteiger partial charge in [0.25, 0.3) is 5.91 Å². The molecule has 5 nitrogen and oxygen atoms in total. The van der Waals surface area contributed by atoms with Gasteiger partial charge in [-0.3, -0.25) is 9.59 Å². The Morgan fingerprint density at radius 3 is 2.73 bits per heavy atom. The number of halogens is 2. The molecule has 0 unspecified atom stereocenters. The summed E-state index contributed by atoms with van der Waals surface area (Å²) in [5.41, 5.74) is 2.91. The molecular weight excluding hydrogens is 443 g/mol. The van der Waals surface area contributed by atoms with Crippen LogP contribution >= 0.6 is 11.6 Å². The number of nitrogens with zero attached hydrogens (tertiary/aromatic N) is 2. The summed E-state index contributed by atoms with van der Waals surface area (Å²) in [4.78, 5) is 31.4. The minimum atomic E-state index is -0.573. The zero-order valence-corrected chi connectivity index (χ0v) is 18.6. The number of ketones is 1. The molecule has 0 saturated heterocycles. The lowest BCUT2D eigenvalue weighted by molar-refractivity contribution is -0.114. The maximum Gasteiger partial charge on any atom is 0.262 e. The number of carbonyl (C=O) groups is 2. The Hall–Kier alpha value is -3.95. The maximum absolute atomic E-state index is 13.5. The highest BCUT2D eigenvalue weighted by atomic mass is 35.5. The van der Waals surface area contributed by atoms with E-state index in [0.717, 1.165) is 5.56 Å². The lowest BCUT2D eigenvalue weighted by atomic mass is 9.92. The summed E-state index contributed by atoms with van der Waals surface area (Å²) in [7, 11) is 3.15. The number of pyridine rings is 1. The Kier molecular flexibility index (Phi) is 6.25. The molecule has 1 aliphatic rings. The van der Waals surface area contributed by atoms with Crippen molar-refractivity contribution < 1.29 is 18.7 Å². The molecule has 7 heteroatoms. The molecule has 3 aromatic rings. The van der Waals surface area contributed by atoms with Gasteiger partial charge >= 0.3 is 0 Å². The predicted molar refractivity (Wildman–Crippen MR) is 125 cm³/mol. The van der Waals surface area contributed by atoms with Crippen LogP contribution in [-0.4, -0.2) is 30.8 Å². The molecule has 33 heavy (non-hydrogen) atoms. The Morgan fingerprint density at radius 1 is 1.15 bits per heavy atom. The van der Waals surface area contributed by atoms with Gasteiger partial charge in [-0.05, 0) is 53.6 Å². The number of fused-ring (bicyclic) bond motifs is 1. The van der Waals surface area contributed by atoms with Gasteiger partial charge < -0.3 is 9.64 Å². The number of rotatable bonds is 3. The molecule has 2 aromatic carbocycles. The molecule has 0 saturated carbocycles. The van der Waals surface area contributed by atoms with Gasteiger partial charge in [0, 0.05) is 36.9 Å². The van der Waals surface area contributed by atoms with Crippen LogP contribution in [-0.2, 0) is 11.2 Å². The summed E-state index contributed by atoms with van der Waals surface area (Å²) in [5.74, 6) is 5.22. The summed E-state index contributed by atoms with van der Waals surface area (Å²) in [5, 5.41) is -0.0850. The van der Waals surface area contributed by atoms with Crippen molar-refractivity contribution in [1.82, 2.24) is 4.98 Å². The van der Waals surface area contributed by atoms with E-state index in [-0.39, 0.29) is 10.6 Å². The van der Waals surface area contributed by atoms with Crippen LogP contribution in [0.4, 0.5) is 10.1 Å². The number of methoxy groups -OCH3 is 1. The van der Waals surface area contributed by atoms with E-state index >= 15 is 0 Å². The summed E-state index contributed by atoms with van der Waals surface area (Å²) >= 11 is 5.83. The third-order valence-corrected chi connectivity index (χ3v) is 5.46. The van der Waals surface area contributed by atoms with E-state index in [0.29, 0.717) is 34.7 Å². The van der Waals surface area contributed by atoms with E-state index in [1.54, 1.807) is 38.6 Å². The molecular formula is C26H18ClFN2O3. The lowest BCUT2D eigenvalue weighted by Gasteiger charge is -2.26. The smallest absolute Gasteiger partial charge is 0.262 e. The molecule has 0 N–H and O–H groups in total. The first-order valence-electron chi connectivity index (χ1n) is 9.98. The standard InChI is InChI=1S/C26H18ClFN2O3/c1-30-23-9-7-16(4-3-5-17-10-11-29-24(15-17)33-2)12-19(23)25(31)20(26(30)32)13-18-6-8-22(28)21(27)14-18/h6-15H,5H2,1-2H3/b20-13+. The fourth-order valence-electron chi connectivity index (χ4n) is 3.44. The van der Waals surface area contributed by atoms with E-state index in [1.807, 2.05) is 12.1 Å². The van der Waals surface area contributed by atoms with Crippen molar-refractivity contribution in [3.05, 3.63) is 93.4 Å². The van der Waals surface area contributed by atoms with Gasteiger partial charge in [-0.2, -0.15) is 0 Å². The van der Waals surface area contributed by atoms with Crippen molar-refractivity contribution in [2.24, 2.45) is 0 Å². The van der Waals surface area contributed by atoms with Gasteiger partial charge in [-0.15, -0.1) is 0 Å². The zero-order chi connectivity index (χ0) is 23.5. The van der Waals surface area contributed by atoms with E-state index in [2.05, 4.69) is 16.8 Å². The molecule has 0 fully saturated rings. The number of ether oxygens (including phenoxy) is 1. The molecule has 164 valence electrons. The SMILES string of the molecule is COc1cc(CC#Cc2ccc3c(c2)C(=O)/C(=C\c2ccc(F)c(Cl)c2)C(=O)N3C)ccn1. The third-order valence-electron chi connectivity index (χ3n) is 5.17. The Bertz CT molecular complexity index is 1370. The first-order valence-corrected chi connectivity index (χ1v) is 10.4. The second-order valence-corrected chi connectivity index (χ2v) is 7.75. The molecule has 1 aliphatic heterocycles. The van der Waals surface area contributed by atoms with Crippen LogP contribution in [0.5, 0.6) is 5.88 Å². The van der Waals surface area contributed by atoms with Crippen LogP contribution in [0.25, 0.3) is 6.08 Å². The molecule has 1 aromatic heterocycles. The first kappa shape index (κ1) is 22.3. The minimum Gasteiger partial charge on any atom is -0.481 e. The van der Waals surface area contributed by atoms with Gasteiger partial charge in [-0.1, -0.05) is 29.5 Å². The normalized spacial score (nSPS) is 14.1. The third kappa shape index (κ3) is 4.64. The molecule has 2 heterocycles. The number of hydrogen-bond acceptors (Lipinski definition) is 4. The highest BCUT2D eigenvalue weighted by Gasteiger charge is 2.32. The van der Waals surface area contributed by atoms with Crippen molar-refractivity contribution in [3.63, 3.8) is 0 Å². The van der Waals surface area contributed by atoms with Gasteiger partial charge in [0.05, 0.1) is 23.4 Å². The Balaban J connectivity index is 1.64. The van der Waals surface area contributed by atoms with Crippen LogP contribution in [0, 0.1) is 17.7 Å². The average molecular weight is 461 g/mol. The Morgan fingerprint density at radius 2 is 1.97 bits per heavy atom. The largest absolute Gasteiger partial charge is 0.481 e. The van der Waals surface area contributed by atoms with Crippen molar-refractivity contribution in [3.8, 4) is 17.7 Å². The van der Waals surface area contributed by atoms with E-state index in [9.17, 15) is 14.0 Å². The monoisotopic (exact) mass is 460 g/mol. The van der Waals surface area contributed by atoms with Crippen LogP contribution in [0.15, 0.2) is 60.3 Å². The van der Waals surface area contributed by atoms with Crippen LogP contribution in [0.1, 0.15) is 27.0 Å².